The Kier molecular flexibility index (Phi) is 3.14. The molecule has 0 saturated heterocycles. The SMILES string of the molecule is CC(C)c1cc(-c2cc(C(=O)O)no2)ccc1F. The third-order valence-corrected chi connectivity index (χ3v) is 2.63. The van der Waals surface area contributed by atoms with Gasteiger partial charge in [-0.05, 0) is 29.7 Å². The molecule has 1 aromatic carbocycles. The molecule has 1 N–H and O–H groups in total. The van der Waals surface area contributed by atoms with E-state index in [-0.39, 0.29) is 17.4 Å². The number of carboxylic acid groups (broad SMARTS) is 1. The van der Waals surface area contributed by atoms with Gasteiger partial charge in [0.25, 0.3) is 0 Å². The van der Waals surface area contributed by atoms with Crippen LogP contribution < -0.4 is 0 Å². The summed E-state index contributed by atoms with van der Waals surface area (Å²) >= 11 is 0. The largest absolute Gasteiger partial charge is 0.476 e. The smallest absolute Gasteiger partial charge is 0.358 e. The molecule has 0 aliphatic heterocycles. The zero-order valence-electron chi connectivity index (χ0n) is 9.98. The van der Waals surface area contributed by atoms with Crippen LogP contribution in [-0.4, -0.2) is 16.2 Å². The fourth-order valence-electron chi connectivity index (χ4n) is 1.65. The van der Waals surface area contributed by atoms with Crippen LogP contribution in [0.15, 0.2) is 28.8 Å². The lowest BCUT2D eigenvalue weighted by Gasteiger charge is -2.07. The summed E-state index contributed by atoms with van der Waals surface area (Å²) < 4.78 is 18.5. The molecule has 0 spiro atoms. The van der Waals surface area contributed by atoms with Gasteiger partial charge >= 0.3 is 5.97 Å². The van der Waals surface area contributed by atoms with Crippen LogP contribution in [0.3, 0.4) is 0 Å². The van der Waals surface area contributed by atoms with Crippen molar-refractivity contribution < 1.29 is 18.8 Å². The molecule has 0 aliphatic rings. The number of hydrogen-bond acceptors (Lipinski definition) is 3. The van der Waals surface area contributed by atoms with Crippen molar-refractivity contribution in [2.45, 2.75) is 19.8 Å². The van der Waals surface area contributed by atoms with Gasteiger partial charge in [-0.2, -0.15) is 0 Å². The first-order chi connectivity index (χ1) is 8.49. The number of hydrogen-bond donors (Lipinski definition) is 1. The Hall–Kier alpha value is -2.17. The van der Waals surface area contributed by atoms with Gasteiger partial charge in [0.1, 0.15) is 5.82 Å². The van der Waals surface area contributed by atoms with Crippen molar-refractivity contribution in [3.8, 4) is 11.3 Å². The molecule has 2 aromatic rings. The molecule has 0 bridgehead atoms. The van der Waals surface area contributed by atoms with Gasteiger partial charge in [-0.3, -0.25) is 0 Å². The minimum absolute atomic E-state index is 0.0341. The van der Waals surface area contributed by atoms with Crippen molar-refractivity contribution in [1.82, 2.24) is 5.16 Å². The summed E-state index contributed by atoms with van der Waals surface area (Å²) in [4.78, 5) is 10.7. The summed E-state index contributed by atoms with van der Waals surface area (Å²) in [6.07, 6.45) is 0. The van der Waals surface area contributed by atoms with Crippen LogP contribution in [0.1, 0.15) is 35.8 Å². The Morgan fingerprint density at radius 2 is 2.11 bits per heavy atom. The first kappa shape index (κ1) is 12.3. The second kappa shape index (κ2) is 4.60. The number of rotatable bonds is 3. The van der Waals surface area contributed by atoms with Crippen molar-refractivity contribution >= 4 is 5.97 Å². The Balaban J connectivity index is 2.44. The van der Waals surface area contributed by atoms with Gasteiger partial charge in [-0.1, -0.05) is 19.0 Å². The summed E-state index contributed by atoms with van der Waals surface area (Å²) in [5.74, 6) is -1.09. The molecule has 1 heterocycles. The molecule has 1 aromatic heterocycles. The van der Waals surface area contributed by atoms with E-state index < -0.39 is 5.97 Å². The molecular weight excluding hydrogens is 237 g/mol. The summed E-state index contributed by atoms with van der Waals surface area (Å²) in [6.45, 7) is 3.76. The van der Waals surface area contributed by atoms with Crippen LogP contribution in [0.25, 0.3) is 11.3 Å². The fraction of sp³-hybridized carbons (Fsp3) is 0.231. The van der Waals surface area contributed by atoms with Crippen LogP contribution in [0.4, 0.5) is 4.39 Å². The summed E-state index contributed by atoms with van der Waals surface area (Å²) in [5.41, 5.74) is 1.00. The molecule has 0 saturated carbocycles. The molecule has 0 fully saturated rings. The van der Waals surface area contributed by atoms with Crippen molar-refractivity contribution in [3.63, 3.8) is 0 Å². The lowest BCUT2D eigenvalue weighted by Crippen LogP contribution is -1.94. The normalized spacial score (nSPS) is 10.9. The molecule has 18 heavy (non-hydrogen) atoms. The number of aromatic nitrogens is 1. The third-order valence-electron chi connectivity index (χ3n) is 2.63. The first-order valence-corrected chi connectivity index (χ1v) is 5.49. The zero-order chi connectivity index (χ0) is 13.3. The molecule has 5 heteroatoms. The van der Waals surface area contributed by atoms with Gasteiger partial charge in [-0.25, -0.2) is 9.18 Å². The van der Waals surface area contributed by atoms with E-state index in [9.17, 15) is 9.18 Å². The average molecular weight is 249 g/mol. The number of carboxylic acids is 1. The van der Waals surface area contributed by atoms with Gasteiger partial charge < -0.3 is 9.63 Å². The van der Waals surface area contributed by atoms with Crippen molar-refractivity contribution in [2.75, 3.05) is 0 Å². The third kappa shape index (κ3) is 2.25. The molecule has 94 valence electrons. The second-order valence-corrected chi connectivity index (χ2v) is 4.27. The topological polar surface area (TPSA) is 63.3 Å². The molecular formula is C13H12FNO3. The summed E-state index contributed by atoms with van der Waals surface area (Å²) in [6, 6.07) is 5.84. The second-order valence-electron chi connectivity index (χ2n) is 4.27. The van der Waals surface area contributed by atoms with Crippen LogP contribution in [0, 0.1) is 5.82 Å². The predicted molar refractivity (Wildman–Crippen MR) is 62.9 cm³/mol. The fourth-order valence-corrected chi connectivity index (χ4v) is 1.65. The Bertz CT molecular complexity index is 590. The molecule has 0 unspecified atom stereocenters. The number of nitrogens with zero attached hydrogens (tertiary/aromatic N) is 1. The average Bonchev–Trinajstić information content (AvgIpc) is 2.78. The van der Waals surface area contributed by atoms with E-state index in [4.69, 9.17) is 9.63 Å². The lowest BCUT2D eigenvalue weighted by atomic mass is 9.99. The highest BCUT2D eigenvalue weighted by atomic mass is 19.1. The Morgan fingerprint density at radius 3 is 2.67 bits per heavy atom. The maximum atomic E-state index is 13.5. The molecule has 0 aliphatic carbocycles. The van der Waals surface area contributed by atoms with Crippen molar-refractivity contribution in [3.05, 3.63) is 41.3 Å². The van der Waals surface area contributed by atoms with E-state index in [1.165, 1.54) is 18.2 Å². The van der Waals surface area contributed by atoms with Gasteiger partial charge in [-0.15, -0.1) is 0 Å². The highest BCUT2D eigenvalue weighted by Crippen LogP contribution is 2.26. The maximum absolute atomic E-state index is 13.5. The number of aromatic carboxylic acids is 1. The highest BCUT2D eigenvalue weighted by Gasteiger charge is 2.14. The molecule has 2 rings (SSSR count). The standard InChI is InChI=1S/C13H12FNO3/c1-7(2)9-5-8(3-4-10(9)14)12-6-11(13(16)17)15-18-12/h3-7H,1-2H3,(H,16,17). The molecule has 0 atom stereocenters. The van der Waals surface area contributed by atoms with Gasteiger partial charge in [0.2, 0.25) is 0 Å². The van der Waals surface area contributed by atoms with E-state index in [1.807, 2.05) is 13.8 Å². The summed E-state index contributed by atoms with van der Waals surface area (Å²) in [5, 5.41) is 12.2. The summed E-state index contributed by atoms with van der Waals surface area (Å²) in [7, 11) is 0. The number of carbonyl (C=O) groups is 1. The zero-order valence-corrected chi connectivity index (χ0v) is 9.98. The Morgan fingerprint density at radius 1 is 1.39 bits per heavy atom. The van der Waals surface area contributed by atoms with E-state index in [2.05, 4.69) is 5.16 Å². The number of benzene rings is 1. The van der Waals surface area contributed by atoms with E-state index in [0.717, 1.165) is 0 Å². The van der Waals surface area contributed by atoms with E-state index in [0.29, 0.717) is 16.9 Å². The van der Waals surface area contributed by atoms with Gasteiger partial charge in [0.15, 0.2) is 11.5 Å². The van der Waals surface area contributed by atoms with E-state index >= 15 is 0 Å². The predicted octanol–water partition coefficient (Wildman–Crippen LogP) is 3.30. The van der Waals surface area contributed by atoms with Crippen LogP contribution in [0.2, 0.25) is 0 Å². The molecule has 4 nitrogen and oxygen atoms in total. The van der Waals surface area contributed by atoms with Crippen molar-refractivity contribution in [1.29, 1.82) is 0 Å². The van der Waals surface area contributed by atoms with Crippen LogP contribution in [0.5, 0.6) is 0 Å². The monoisotopic (exact) mass is 249 g/mol. The maximum Gasteiger partial charge on any atom is 0.358 e. The van der Waals surface area contributed by atoms with Gasteiger partial charge in [0, 0.05) is 11.6 Å². The van der Waals surface area contributed by atoms with Crippen molar-refractivity contribution in [2.24, 2.45) is 0 Å². The van der Waals surface area contributed by atoms with Crippen LogP contribution >= 0.6 is 0 Å². The first-order valence-electron chi connectivity index (χ1n) is 5.49. The van der Waals surface area contributed by atoms with E-state index in [1.54, 1.807) is 6.07 Å². The number of halogens is 1. The Labute approximate surface area is 103 Å². The molecule has 0 radical (unpaired) electrons. The molecule has 0 amide bonds. The minimum atomic E-state index is -1.16. The minimum Gasteiger partial charge on any atom is -0.476 e. The lowest BCUT2D eigenvalue weighted by molar-refractivity contribution is 0.0686. The highest BCUT2D eigenvalue weighted by molar-refractivity contribution is 5.86. The van der Waals surface area contributed by atoms with Gasteiger partial charge in [0.05, 0.1) is 0 Å². The van der Waals surface area contributed by atoms with Crippen LogP contribution in [-0.2, 0) is 0 Å². The quantitative estimate of drug-likeness (QED) is 0.906.